The first-order valence-corrected chi connectivity index (χ1v) is 15.9. The second kappa shape index (κ2) is 14.5. The molecule has 36 heavy (non-hydrogen) atoms. The van der Waals surface area contributed by atoms with Crippen LogP contribution in [0.2, 0.25) is 0 Å². The molecule has 0 spiro atoms. The molecular formula is C27H35N3O3S3. The van der Waals surface area contributed by atoms with Gasteiger partial charge in [-0.05, 0) is 47.5 Å². The molecule has 1 N–H and O–H groups in total. The molecule has 0 amide bonds. The third-order valence-electron chi connectivity index (χ3n) is 5.27. The van der Waals surface area contributed by atoms with Gasteiger partial charge in [-0.1, -0.05) is 42.5 Å². The molecule has 0 aliphatic rings. The fraction of sp³-hybridized carbons (Fsp3) is 0.333. The molecule has 0 aliphatic heterocycles. The van der Waals surface area contributed by atoms with E-state index in [4.69, 9.17) is 4.74 Å². The van der Waals surface area contributed by atoms with Crippen molar-refractivity contribution in [2.45, 2.75) is 11.5 Å². The van der Waals surface area contributed by atoms with Crippen molar-refractivity contribution in [3.05, 3.63) is 90.0 Å². The van der Waals surface area contributed by atoms with Crippen LogP contribution in [0.1, 0.15) is 11.1 Å². The highest BCUT2D eigenvalue weighted by atomic mass is 32.2. The highest BCUT2D eigenvalue weighted by Gasteiger charge is 2.15. The zero-order valence-corrected chi connectivity index (χ0v) is 23.5. The van der Waals surface area contributed by atoms with Gasteiger partial charge in [0.15, 0.2) is 0 Å². The standard InChI is InChI=1S/C27H35N3O3S3/c1-29(2)25-13-9-23(10-14-25)22-35-20-18-30(36(3,31)32)28-17-19-34-21-24-11-15-27(16-12-24)33-26-7-5-4-6-8-26/h4-16,28H,17-22H2,1-3H3. The number of ether oxygens (including phenoxy) is 1. The van der Waals surface area contributed by atoms with Crippen LogP contribution in [-0.2, 0) is 21.5 Å². The van der Waals surface area contributed by atoms with Crippen LogP contribution in [0.25, 0.3) is 0 Å². The normalized spacial score (nSPS) is 11.6. The van der Waals surface area contributed by atoms with Crippen LogP contribution < -0.4 is 15.1 Å². The summed E-state index contributed by atoms with van der Waals surface area (Å²) in [6, 6.07) is 26.2. The molecule has 3 rings (SSSR count). The van der Waals surface area contributed by atoms with E-state index >= 15 is 0 Å². The zero-order chi connectivity index (χ0) is 25.8. The first-order valence-electron chi connectivity index (χ1n) is 11.8. The number of hydrogen-bond donors (Lipinski definition) is 1. The molecule has 0 saturated heterocycles. The smallest absolute Gasteiger partial charge is 0.223 e. The average Bonchev–Trinajstić information content (AvgIpc) is 2.86. The van der Waals surface area contributed by atoms with Crippen LogP contribution in [0.4, 0.5) is 5.69 Å². The predicted molar refractivity (Wildman–Crippen MR) is 156 cm³/mol. The number of thioether (sulfide) groups is 2. The van der Waals surface area contributed by atoms with Gasteiger partial charge in [0, 0.05) is 55.9 Å². The number of para-hydroxylation sites is 1. The van der Waals surface area contributed by atoms with E-state index in [1.165, 1.54) is 27.5 Å². The molecule has 0 aliphatic carbocycles. The third-order valence-corrected chi connectivity index (χ3v) is 8.42. The van der Waals surface area contributed by atoms with E-state index in [0.29, 0.717) is 13.1 Å². The monoisotopic (exact) mass is 545 g/mol. The highest BCUT2D eigenvalue weighted by molar-refractivity contribution is 7.98. The second-order valence-electron chi connectivity index (χ2n) is 8.47. The number of nitrogens with zero attached hydrogens (tertiary/aromatic N) is 2. The molecule has 0 atom stereocenters. The number of benzene rings is 3. The van der Waals surface area contributed by atoms with Gasteiger partial charge in [-0.15, -0.1) is 4.41 Å². The Morgan fingerprint density at radius 1 is 0.778 bits per heavy atom. The first kappa shape index (κ1) is 28.4. The van der Waals surface area contributed by atoms with Gasteiger partial charge in [0.05, 0.1) is 6.26 Å². The summed E-state index contributed by atoms with van der Waals surface area (Å²) in [6.07, 6.45) is 1.25. The second-order valence-corrected chi connectivity index (χ2v) is 12.6. The van der Waals surface area contributed by atoms with Crippen LogP contribution in [-0.4, -0.2) is 57.8 Å². The molecule has 3 aromatic rings. The summed E-state index contributed by atoms with van der Waals surface area (Å²) in [5.74, 6) is 4.87. The lowest BCUT2D eigenvalue weighted by atomic mass is 10.2. The minimum atomic E-state index is -3.31. The third kappa shape index (κ3) is 10.1. The Kier molecular flexibility index (Phi) is 11.5. The van der Waals surface area contributed by atoms with E-state index < -0.39 is 10.0 Å². The van der Waals surface area contributed by atoms with Crippen LogP contribution >= 0.6 is 23.5 Å². The van der Waals surface area contributed by atoms with Crippen molar-refractivity contribution in [3.8, 4) is 11.5 Å². The maximum atomic E-state index is 12.2. The van der Waals surface area contributed by atoms with E-state index in [1.54, 1.807) is 23.5 Å². The molecule has 0 unspecified atom stereocenters. The van der Waals surface area contributed by atoms with E-state index in [9.17, 15) is 8.42 Å². The Labute approximate surface area is 224 Å². The van der Waals surface area contributed by atoms with E-state index in [-0.39, 0.29) is 0 Å². The number of hydrazine groups is 1. The summed E-state index contributed by atoms with van der Waals surface area (Å²) in [7, 11) is 0.730. The molecule has 0 radical (unpaired) electrons. The fourth-order valence-electron chi connectivity index (χ4n) is 3.30. The maximum absolute atomic E-state index is 12.2. The van der Waals surface area contributed by atoms with Crippen molar-refractivity contribution >= 4 is 39.2 Å². The minimum Gasteiger partial charge on any atom is -0.457 e. The number of sulfonamides is 1. The highest BCUT2D eigenvalue weighted by Crippen LogP contribution is 2.22. The molecule has 6 nitrogen and oxygen atoms in total. The van der Waals surface area contributed by atoms with Gasteiger partial charge in [0.2, 0.25) is 10.0 Å². The zero-order valence-electron chi connectivity index (χ0n) is 21.1. The topological polar surface area (TPSA) is 61.9 Å². The van der Waals surface area contributed by atoms with Gasteiger partial charge < -0.3 is 9.64 Å². The van der Waals surface area contributed by atoms with Gasteiger partial charge in [0.1, 0.15) is 11.5 Å². The predicted octanol–water partition coefficient (Wildman–Crippen LogP) is 5.48. The van der Waals surface area contributed by atoms with Crippen molar-refractivity contribution in [2.24, 2.45) is 0 Å². The summed E-state index contributed by atoms with van der Waals surface area (Å²) in [6.45, 7) is 1.02. The maximum Gasteiger partial charge on any atom is 0.223 e. The van der Waals surface area contributed by atoms with Crippen molar-refractivity contribution < 1.29 is 13.2 Å². The van der Waals surface area contributed by atoms with Gasteiger partial charge in [-0.25, -0.2) is 13.8 Å². The lowest BCUT2D eigenvalue weighted by Crippen LogP contribution is -2.44. The molecule has 3 aromatic carbocycles. The summed E-state index contributed by atoms with van der Waals surface area (Å²) >= 11 is 3.50. The van der Waals surface area contributed by atoms with Crippen molar-refractivity contribution in [3.63, 3.8) is 0 Å². The van der Waals surface area contributed by atoms with Crippen molar-refractivity contribution in [2.75, 3.05) is 49.8 Å². The summed E-state index contributed by atoms with van der Waals surface area (Å²) in [5.41, 5.74) is 6.70. The van der Waals surface area contributed by atoms with Crippen molar-refractivity contribution in [1.82, 2.24) is 9.84 Å². The van der Waals surface area contributed by atoms with Gasteiger partial charge >= 0.3 is 0 Å². The molecule has 0 bridgehead atoms. The molecule has 0 saturated carbocycles. The molecule has 0 fully saturated rings. The largest absolute Gasteiger partial charge is 0.457 e. The van der Waals surface area contributed by atoms with E-state index in [0.717, 1.165) is 34.5 Å². The lowest BCUT2D eigenvalue weighted by Gasteiger charge is -2.20. The SMILES string of the molecule is CN(C)c1ccc(CSCCN(NCCSCc2ccc(Oc3ccccc3)cc2)S(C)(=O)=O)cc1. The van der Waals surface area contributed by atoms with E-state index in [1.807, 2.05) is 56.6 Å². The van der Waals surface area contributed by atoms with Gasteiger partial charge in [-0.2, -0.15) is 23.5 Å². The minimum absolute atomic E-state index is 0.437. The Hall–Kier alpha value is -2.17. The van der Waals surface area contributed by atoms with E-state index in [2.05, 4.69) is 46.7 Å². The molecule has 0 aromatic heterocycles. The summed E-state index contributed by atoms with van der Waals surface area (Å²) < 4.78 is 31.5. The van der Waals surface area contributed by atoms with Crippen LogP contribution in [0.3, 0.4) is 0 Å². The van der Waals surface area contributed by atoms with Crippen LogP contribution in [0.5, 0.6) is 11.5 Å². The van der Waals surface area contributed by atoms with Crippen LogP contribution in [0.15, 0.2) is 78.9 Å². The average molecular weight is 546 g/mol. The lowest BCUT2D eigenvalue weighted by molar-refractivity contribution is 0.344. The number of nitrogens with one attached hydrogen (secondary N) is 1. The summed E-state index contributed by atoms with van der Waals surface area (Å²) in [5, 5.41) is 0. The van der Waals surface area contributed by atoms with Crippen LogP contribution in [0, 0.1) is 0 Å². The number of hydrogen-bond acceptors (Lipinski definition) is 7. The molecule has 0 heterocycles. The number of anilines is 1. The Bertz CT molecular complexity index is 1140. The Morgan fingerprint density at radius 2 is 1.33 bits per heavy atom. The van der Waals surface area contributed by atoms with Gasteiger partial charge in [-0.3, -0.25) is 0 Å². The molecule has 194 valence electrons. The summed E-state index contributed by atoms with van der Waals surface area (Å²) in [4.78, 5) is 2.07. The Balaban J connectivity index is 1.33. The fourth-order valence-corrected chi connectivity index (χ4v) is 5.86. The quantitative estimate of drug-likeness (QED) is 0.200. The van der Waals surface area contributed by atoms with Gasteiger partial charge in [0.25, 0.3) is 0 Å². The Morgan fingerprint density at radius 3 is 1.92 bits per heavy atom. The molecule has 9 heteroatoms. The molecular weight excluding hydrogens is 511 g/mol. The number of rotatable bonds is 15. The van der Waals surface area contributed by atoms with Crippen molar-refractivity contribution in [1.29, 1.82) is 0 Å². The first-order chi connectivity index (χ1) is 17.3.